The van der Waals surface area contributed by atoms with Gasteiger partial charge in [0, 0.05) is 39.0 Å². The molecular weight excluding hydrogens is 393 g/mol. The van der Waals surface area contributed by atoms with E-state index in [4.69, 9.17) is 0 Å². The third kappa shape index (κ3) is 4.79. The first kappa shape index (κ1) is 20.7. The van der Waals surface area contributed by atoms with Gasteiger partial charge in [-0.1, -0.05) is 42.5 Å². The van der Waals surface area contributed by atoms with Gasteiger partial charge in [-0.3, -0.25) is 14.6 Å². The zero-order chi connectivity index (χ0) is 21.8. The monoisotopic (exact) mass is 417 g/mol. The van der Waals surface area contributed by atoms with Gasteiger partial charge in [-0.05, 0) is 40.5 Å². The molecule has 6 heteroatoms. The maximum atomic E-state index is 13.5. The number of nitrogens with zero attached hydrogens (tertiary/aromatic N) is 3. The summed E-state index contributed by atoms with van der Waals surface area (Å²) in [5.74, 6) is -0.607. The summed E-state index contributed by atoms with van der Waals surface area (Å²) < 4.78 is 13.5. The molecule has 0 spiro atoms. The number of pyridine rings is 1. The van der Waals surface area contributed by atoms with Crippen molar-refractivity contribution in [3.8, 4) is 11.1 Å². The molecule has 1 fully saturated rings. The molecule has 5 nitrogen and oxygen atoms in total. The Morgan fingerprint density at radius 1 is 1.03 bits per heavy atom. The van der Waals surface area contributed by atoms with Crippen molar-refractivity contribution in [1.29, 1.82) is 0 Å². The van der Waals surface area contributed by atoms with Crippen LogP contribution in [0.15, 0.2) is 73.1 Å². The standard InChI is InChI=1S/C25H24FN3O2/c1-28-12-13-29(24(30)16-19-4-2-6-22(26)14-19)23(25(28)31)15-18-7-9-20(10-8-18)21-5-3-11-27-17-21/h2-11,14,17,23H,12-13,15-16H2,1H3. The first-order valence-electron chi connectivity index (χ1n) is 10.3. The lowest BCUT2D eigenvalue weighted by molar-refractivity contribution is -0.149. The molecule has 2 aromatic carbocycles. The largest absolute Gasteiger partial charge is 0.342 e. The van der Waals surface area contributed by atoms with Gasteiger partial charge in [-0.15, -0.1) is 0 Å². The third-order valence-electron chi connectivity index (χ3n) is 5.66. The van der Waals surface area contributed by atoms with E-state index in [1.54, 1.807) is 41.4 Å². The Morgan fingerprint density at radius 3 is 2.55 bits per heavy atom. The minimum absolute atomic E-state index is 0.0739. The Kier molecular flexibility index (Phi) is 6.07. The second-order valence-corrected chi connectivity index (χ2v) is 7.81. The van der Waals surface area contributed by atoms with Crippen molar-refractivity contribution >= 4 is 11.8 Å². The summed E-state index contributed by atoms with van der Waals surface area (Å²) in [4.78, 5) is 33.4. The van der Waals surface area contributed by atoms with Crippen LogP contribution in [0.1, 0.15) is 11.1 Å². The predicted octanol–water partition coefficient (Wildman–Crippen LogP) is 3.34. The molecule has 2 heterocycles. The molecule has 0 saturated carbocycles. The zero-order valence-corrected chi connectivity index (χ0v) is 17.4. The number of likely N-dealkylation sites (N-methyl/N-ethyl adjacent to an activating group) is 1. The number of rotatable bonds is 5. The van der Waals surface area contributed by atoms with Crippen molar-refractivity contribution in [2.75, 3.05) is 20.1 Å². The van der Waals surface area contributed by atoms with E-state index < -0.39 is 6.04 Å². The summed E-state index contributed by atoms with van der Waals surface area (Å²) in [7, 11) is 1.76. The van der Waals surface area contributed by atoms with Crippen molar-refractivity contribution in [2.45, 2.75) is 18.9 Å². The molecule has 2 amide bonds. The summed E-state index contributed by atoms with van der Waals surface area (Å²) in [5, 5.41) is 0. The normalized spacial score (nSPS) is 16.5. The van der Waals surface area contributed by atoms with Crippen LogP contribution < -0.4 is 0 Å². The fourth-order valence-electron chi connectivity index (χ4n) is 3.92. The first-order chi connectivity index (χ1) is 15.0. The van der Waals surface area contributed by atoms with Crippen LogP contribution in [-0.4, -0.2) is 52.8 Å². The molecule has 1 aromatic heterocycles. The Morgan fingerprint density at radius 2 is 1.84 bits per heavy atom. The minimum atomic E-state index is -0.566. The summed E-state index contributed by atoms with van der Waals surface area (Å²) in [6.07, 6.45) is 4.05. The van der Waals surface area contributed by atoms with Crippen LogP contribution in [0.2, 0.25) is 0 Å². The molecule has 0 bridgehead atoms. The number of benzene rings is 2. The topological polar surface area (TPSA) is 53.5 Å². The fraction of sp³-hybridized carbons (Fsp3) is 0.240. The van der Waals surface area contributed by atoms with Crippen LogP contribution >= 0.6 is 0 Å². The molecule has 1 aliphatic heterocycles. The third-order valence-corrected chi connectivity index (χ3v) is 5.66. The number of carbonyl (C=O) groups is 2. The number of hydrogen-bond acceptors (Lipinski definition) is 3. The smallest absolute Gasteiger partial charge is 0.245 e. The van der Waals surface area contributed by atoms with Crippen molar-refractivity contribution < 1.29 is 14.0 Å². The number of amides is 2. The van der Waals surface area contributed by atoms with Gasteiger partial charge >= 0.3 is 0 Å². The second kappa shape index (κ2) is 9.08. The van der Waals surface area contributed by atoms with Gasteiger partial charge in [0.15, 0.2) is 0 Å². The van der Waals surface area contributed by atoms with Crippen LogP contribution in [0.5, 0.6) is 0 Å². The first-order valence-corrected chi connectivity index (χ1v) is 10.3. The highest BCUT2D eigenvalue weighted by molar-refractivity contribution is 5.89. The van der Waals surface area contributed by atoms with Gasteiger partial charge in [0.1, 0.15) is 11.9 Å². The van der Waals surface area contributed by atoms with Gasteiger partial charge < -0.3 is 9.80 Å². The Bertz CT molecular complexity index is 1070. The highest BCUT2D eigenvalue weighted by Crippen LogP contribution is 2.22. The van der Waals surface area contributed by atoms with Gasteiger partial charge in [0.25, 0.3) is 0 Å². The van der Waals surface area contributed by atoms with Crippen molar-refractivity contribution in [2.24, 2.45) is 0 Å². The maximum absolute atomic E-state index is 13.5. The van der Waals surface area contributed by atoms with Gasteiger partial charge in [0.2, 0.25) is 11.8 Å². The van der Waals surface area contributed by atoms with Crippen LogP contribution in [0.25, 0.3) is 11.1 Å². The molecule has 1 aliphatic rings. The van der Waals surface area contributed by atoms with E-state index >= 15 is 0 Å². The highest BCUT2D eigenvalue weighted by atomic mass is 19.1. The molecule has 1 saturated heterocycles. The lowest BCUT2D eigenvalue weighted by Gasteiger charge is -2.39. The van der Waals surface area contributed by atoms with E-state index in [0.29, 0.717) is 25.1 Å². The average molecular weight is 417 g/mol. The molecule has 0 N–H and O–H groups in total. The Labute approximate surface area is 181 Å². The minimum Gasteiger partial charge on any atom is -0.342 e. The van der Waals surface area contributed by atoms with E-state index in [-0.39, 0.29) is 24.1 Å². The summed E-state index contributed by atoms with van der Waals surface area (Å²) in [6.45, 7) is 0.957. The average Bonchev–Trinajstić information content (AvgIpc) is 2.78. The molecule has 158 valence electrons. The number of aromatic nitrogens is 1. The molecule has 31 heavy (non-hydrogen) atoms. The SMILES string of the molecule is CN1CCN(C(=O)Cc2cccc(F)c2)C(Cc2ccc(-c3cccnc3)cc2)C1=O. The summed E-state index contributed by atoms with van der Waals surface area (Å²) >= 11 is 0. The van der Waals surface area contributed by atoms with E-state index in [2.05, 4.69) is 4.98 Å². The van der Waals surface area contributed by atoms with Crippen LogP contribution in [0, 0.1) is 5.82 Å². The lowest BCUT2D eigenvalue weighted by atomic mass is 9.98. The quantitative estimate of drug-likeness (QED) is 0.640. The molecule has 1 unspecified atom stereocenters. The number of piperazine rings is 1. The van der Waals surface area contributed by atoms with Crippen molar-refractivity contribution in [3.63, 3.8) is 0 Å². The maximum Gasteiger partial charge on any atom is 0.245 e. The molecule has 4 rings (SSSR count). The Hall–Kier alpha value is -3.54. The van der Waals surface area contributed by atoms with E-state index in [1.165, 1.54) is 12.1 Å². The van der Waals surface area contributed by atoms with Gasteiger partial charge in [-0.25, -0.2) is 4.39 Å². The van der Waals surface area contributed by atoms with E-state index in [1.807, 2.05) is 36.4 Å². The number of halogens is 1. The lowest BCUT2D eigenvalue weighted by Crippen LogP contribution is -2.58. The molecule has 1 atom stereocenters. The summed E-state index contributed by atoms with van der Waals surface area (Å²) in [6, 6.07) is 17.3. The fourth-order valence-corrected chi connectivity index (χ4v) is 3.92. The van der Waals surface area contributed by atoms with Gasteiger partial charge in [0.05, 0.1) is 6.42 Å². The van der Waals surface area contributed by atoms with Crippen molar-refractivity contribution in [1.82, 2.24) is 14.8 Å². The molecule has 3 aromatic rings. The number of carbonyl (C=O) groups excluding carboxylic acids is 2. The predicted molar refractivity (Wildman–Crippen MR) is 117 cm³/mol. The van der Waals surface area contributed by atoms with Gasteiger partial charge in [-0.2, -0.15) is 0 Å². The van der Waals surface area contributed by atoms with E-state index in [9.17, 15) is 14.0 Å². The van der Waals surface area contributed by atoms with Crippen LogP contribution in [-0.2, 0) is 22.4 Å². The molecule has 0 aliphatic carbocycles. The molecular formula is C25H24FN3O2. The van der Waals surface area contributed by atoms with Crippen LogP contribution in [0.4, 0.5) is 4.39 Å². The summed E-state index contributed by atoms with van der Waals surface area (Å²) in [5.41, 5.74) is 3.65. The number of hydrogen-bond donors (Lipinski definition) is 0. The van der Waals surface area contributed by atoms with Crippen LogP contribution in [0.3, 0.4) is 0 Å². The Balaban J connectivity index is 1.52. The van der Waals surface area contributed by atoms with E-state index in [0.717, 1.165) is 16.7 Å². The zero-order valence-electron chi connectivity index (χ0n) is 17.4. The molecule has 0 radical (unpaired) electrons. The second-order valence-electron chi connectivity index (χ2n) is 7.81. The van der Waals surface area contributed by atoms with Crippen molar-refractivity contribution in [3.05, 3.63) is 90.0 Å². The highest BCUT2D eigenvalue weighted by Gasteiger charge is 2.35.